The van der Waals surface area contributed by atoms with Gasteiger partial charge in [-0.1, -0.05) is 40.7 Å². The number of terminal acetylenes is 1. The number of carbonyl (C=O) groups excluding carboxylic acids is 1. The monoisotopic (exact) mass is 558 g/mol. The largest absolute Gasteiger partial charge is 0.482 e. The third kappa shape index (κ3) is 12.0. The van der Waals surface area contributed by atoms with E-state index >= 15 is 0 Å². The molecule has 1 aromatic carbocycles. The summed E-state index contributed by atoms with van der Waals surface area (Å²) in [6.07, 6.45) is 14.1. The van der Waals surface area contributed by atoms with E-state index in [4.69, 9.17) is 13.7 Å². The Labute approximate surface area is 232 Å². The Balaban J connectivity index is 0.00000108. The lowest BCUT2D eigenvalue weighted by Gasteiger charge is -2.42. The summed E-state index contributed by atoms with van der Waals surface area (Å²) in [6.45, 7) is 15.4. The highest BCUT2D eigenvalue weighted by Gasteiger charge is 2.41. The summed E-state index contributed by atoms with van der Waals surface area (Å²) >= 11 is -0.450. The number of likely N-dealkylation sites (tertiary alicyclic amines) is 1. The SMILES string of the molecule is C#C.CC.CC(C)C.CC=O.CN1CCC2(C=C(OSC(F)(F)F)c3c(cccc3N3CCCC3)O2)CC1. The van der Waals surface area contributed by atoms with Crippen molar-refractivity contribution in [1.29, 1.82) is 0 Å². The highest BCUT2D eigenvalue weighted by atomic mass is 32.2. The van der Waals surface area contributed by atoms with E-state index in [-0.39, 0.29) is 5.76 Å². The molecule has 4 rings (SSSR count). The van der Waals surface area contributed by atoms with E-state index in [1.165, 1.54) is 6.92 Å². The molecule has 0 bridgehead atoms. The Morgan fingerprint density at radius 1 is 1.08 bits per heavy atom. The molecule has 1 spiro atoms. The number of benzene rings is 1. The maximum Gasteiger partial charge on any atom is 0.479 e. The fourth-order valence-electron chi connectivity index (χ4n) is 4.03. The molecular formula is C29H45F3N2O3S. The van der Waals surface area contributed by atoms with Crippen LogP contribution in [0.1, 0.15) is 72.8 Å². The van der Waals surface area contributed by atoms with Crippen LogP contribution in [0.4, 0.5) is 18.9 Å². The van der Waals surface area contributed by atoms with Crippen molar-refractivity contribution < 1.29 is 26.9 Å². The molecular weight excluding hydrogens is 513 g/mol. The maximum atomic E-state index is 12.8. The summed E-state index contributed by atoms with van der Waals surface area (Å²) in [4.78, 5) is 13.2. The van der Waals surface area contributed by atoms with Gasteiger partial charge in [-0.2, -0.15) is 13.2 Å². The fourth-order valence-corrected chi connectivity index (χ4v) is 4.35. The lowest BCUT2D eigenvalue weighted by atomic mass is 9.87. The minimum atomic E-state index is -4.46. The summed E-state index contributed by atoms with van der Waals surface area (Å²) in [5.74, 6) is 1.72. The number of fused-ring (bicyclic) bond motifs is 1. The van der Waals surface area contributed by atoms with Crippen molar-refractivity contribution in [3.63, 3.8) is 0 Å². The number of halogens is 3. The normalized spacial score (nSPS) is 17.4. The van der Waals surface area contributed by atoms with Crippen molar-refractivity contribution in [2.45, 2.75) is 78.3 Å². The third-order valence-corrected chi connectivity index (χ3v) is 5.92. The van der Waals surface area contributed by atoms with Crippen LogP contribution in [0.3, 0.4) is 0 Å². The van der Waals surface area contributed by atoms with Crippen LogP contribution in [0.25, 0.3) is 5.76 Å². The first kappa shape index (κ1) is 35.7. The Kier molecular flexibility index (Phi) is 17.0. The van der Waals surface area contributed by atoms with E-state index in [1.54, 1.807) is 6.08 Å². The molecule has 9 heteroatoms. The van der Waals surface area contributed by atoms with Gasteiger partial charge in [-0.3, -0.25) is 0 Å². The minimum absolute atomic E-state index is 0.269. The van der Waals surface area contributed by atoms with Crippen LogP contribution in [0.15, 0.2) is 24.3 Å². The predicted molar refractivity (Wildman–Crippen MR) is 154 cm³/mol. The van der Waals surface area contributed by atoms with Gasteiger partial charge in [0, 0.05) is 45.1 Å². The van der Waals surface area contributed by atoms with Gasteiger partial charge in [0.2, 0.25) is 0 Å². The second-order valence-electron chi connectivity index (χ2n) is 9.40. The van der Waals surface area contributed by atoms with Crippen LogP contribution in [-0.4, -0.2) is 55.5 Å². The van der Waals surface area contributed by atoms with Crippen LogP contribution in [0, 0.1) is 18.8 Å². The van der Waals surface area contributed by atoms with E-state index < -0.39 is 23.2 Å². The van der Waals surface area contributed by atoms with Crippen molar-refractivity contribution in [3.05, 3.63) is 29.8 Å². The molecule has 5 nitrogen and oxygen atoms in total. The molecule has 3 aliphatic heterocycles. The average molecular weight is 559 g/mol. The van der Waals surface area contributed by atoms with Crippen LogP contribution in [0.5, 0.6) is 5.75 Å². The Morgan fingerprint density at radius 2 is 1.58 bits per heavy atom. The van der Waals surface area contributed by atoms with Crippen molar-refractivity contribution in [1.82, 2.24) is 4.90 Å². The molecule has 0 aliphatic carbocycles. The Morgan fingerprint density at radius 3 is 2.05 bits per heavy atom. The van der Waals surface area contributed by atoms with Crippen molar-refractivity contribution in [3.8, 4) is 18.6 Å². The highest BCUT2D eigenvalue weighted by molar-refractivity contribution is 7.95. The lowest BCUT2D eigenvalue weighted by molar-refractivity contribution is -0.106. The van der Waals surface area contributed by atoms with Crippen LogP contribution >= 0.6 is 12.0 Å². The number of hydrogen-bond donors (Lipinski definition) is 0. The highest BCUT2D eigenvalue weighted by Crippen LogP contribution is 2.48. The predicted octanol–water partition coefficient (Wildman–Crippen LogP) is 7.81. The number of ether oxygens (including phenoxy) is 1. The molecule has 0 radical (unpaired) electrons. The molecule has 216 valence electrons. The summed E-state index contributed by atoms with van der Waals surface area (Å²) in [7, 11) is 2.04. The molecule has 2 fully saturated rings. The van der Waals surface area contributed by atoms with Gasteiger partial charge in [-0.25, -0.2) is 0 Å². The van der Waals surface area contributed by atoms with Crippen molar-refractivity contribution in [2.75, 3.05) is 38.1 Å². The number of rotatable bonds is 3. The summed E-state index contributed by atoms with van der Waals surface area (Å²) in [6, 6.07) is 5.69. The van der Waals surface area contributed by atoms with Crippen LogP contribution in [-0.2, 0) is 8.98 Å². The number of carbonyl (C=O) groups is 1. The number of nitrogens with zero attached hydrogens (tertiary/aromatic N) is 2. The number of anilines is 1. The lowest BCUT2D eigenvalue weighted by Crippen LogP contribution is -2.47. The van der Waals surface area contributed by atoms with Gasteiger partial charge < -0.3 is 23.5 Å². The standard InChI is InChI=1S/C19H23F3N2O2S.C4H10.C2H4O.C2H6.C2H2/c1-23-11-7-18(8-12-23)13-16(26-27-19(20,21)22)17-14(24-9-2-3-10-24)5-4-6-15(17)25-18;1-4(2)3;1-2-3;2*1-2/h4-6,13H,2-3,7-12H2,1H3;4H,1-3H3;2H,1H3;1-2H3;1-2H. The molecule has 0 atom stereocenters. The molecule has 2 saturated heterocycles. The summed E-state index contributed by atoms with van der Waals surface area (Å²) < 4.78 is 50.1. The van der Waals surface area contributed by atoms with Crippen molar-refractivity contribution >= 4 is 29.8 Å². The van der Waals surface area contributed by atoms with Gasteiger partial charge in [0.25, 0.3) is 0 Å². The van der Waals surface area contributed by atoms with Crippen molar-refractivity contribution in [2.24, 2.45) is 5.92 Å². The van der Waals surface area contributed by atoms with E-state index in [2.05, 4.69) is 43.4 Å². The molecule has 0 N–H and O–H groups in total. The zero-order valence-corrected chi connectivity index (χ0v) is 24.8. The van der Waals surface area contributed by atoms with E-state index in [0.717, 1.165) is 69.8 Å². The summed E-state index contributed by atoms with van der Waals surface area (Å²) in [5, 5.41) is 0. The van der Waals surface area contributed by atoms with Gasteiger partial charge in [0.15, 0.2) is 17.8 Å². The molecule has 0 saturated carbocycles. The first-order chi connectivity index (χ1) is 18.0. The van der Waals surface area contributed by atoms with Crippen LogP contribution in [0.2, 0.25) is 0 Å². The minimum Gasteiger partial charge on any atom is -0.482 e. The molecule has 0 unspecified atom stereocenters. The molecule has 3 heterocycles. The molecule has 0 aromatic heterocycles. The van der Waals surface area contributed by atoms with E-state index in [0.29, 0.717) is 11.3 Å². The molecule has 1 aromatic rings. The number of alkyl halides is 3. The van der Waals surface area contributed by atoms with E-state index in [1.807, 2.05) is 39.1 Å². The zero-order valence-electron chi connectivity index (χ0n) is 23.9. The number of aldehydes is 1. The zero-order chi connectivity index (χ0) is 29.4. The Bertz CT molecular complexity index is 856. The van der Waals surface area contributed by atoms with Gasteiger partial charge >= 0.3 is 5.51 Å². The number of hydrogen-bond acceptors (Lipinski definition) is 6. The fraction of sp³-hybridized carbons (Fsp3) is 0.621. The quantitative estimate of drug-likeness (QED) is 0.214. The van der Waals surface area contributed by atoms with Gasteiger partial charge in [-0.05, 0) is 44.9 Å². The van der Waals surface area contributed by atoms with Crippen LogP contribution < -0.4 is 9.64 Å². The Hall–Kier alpha value is -2.31. The van der Waals surface area contributed by atoms with Gasteiger partial charge in [-0.15, -0.1) is 12.8 Å². The first-order valence-corrected chi connectivity index (χ1v) is 13.9. The maximum absolute atomic E-state index is 12.8. The average Bonchev–Trinajstić information content (AvgIpc) is 3.41. The first-order valence-electron chi connectivity index (χ1n) is 13.1. The smallest absolute Gasteiger partial charge is 0.479 e. The molecule has 3 aliphatic rings. The van der Waals surface area contributed by atoms with E-state index in [9.17, 15) is 13.2 Å². The number of piperidine rings is 1. The van der Waals surface area contributed by atoms with Gasteiger partial charge in [0.1, 0.15) is 17.6 Å². The second-order valence-corrected chi connectivity index (χ2v) is 10.2. The molecule has 0 amide bonds. The summed E-state index contributed by atoms with van der Waals surface area (Å²) in [5.41, 5.74) is -3.53. The third-order valence-electron chi connectivity index (χ3n) is 5.46. The molecule has 38 heavy (non-hydrogen) atoms. The topological polar surface area (TPSA) is 42.0 Å². The van der Waals surface area contributed by atoms with Gasteiger partial charge in [0.05, 0.1) is 11.3 Å². The second kappa shape index (κ2) is 18.1.